The van der Waals surface area contributed by atoms with Crippen LogP contribution in [0.1, 0.15) is 42.7 Å². The number of carbonyl (C=O) groups excluding carboxylic acids is 1. The monoisotopic (exact) mass is 340 g/mol. The Morgan fingerprint density at radius 1 is 1.40 bits per heavy atom. The topological polar surface area (TPSA) is 88.6 Å². The van der Waals surface area contributed by atoms with E-state index in [-0.39, 0.29) is 23.7 Å². The third kappa shape index (κ3) is 2.95. The normalized spacial score (nSPS) is 17.6. The lowest BCUT2D eigenvalue weighted by atomic mass is 10.2. The lowest BCUT2D eigenvalue weighted by Crippen LogP contribution is -2.37. The van der Waals surface area contributed by atoms with Crippen LogP contribution in [-0.4, -0.2) is 44.6 Å². The van der Waals surface area contributed by atoms with Crippen molar-refractivity contribution in [2.45, 2.75) is 32.2 Å². The summed E-state index contributed by atoms with van der Waals surface area (Å²) in [7, 11) is 0. The second-order valence-electron chi connectivity index (χ2n) is 6.57. The molecular formula is C17H20N6O2. The fourth-order valence-electron chi connectivity index (χ4n) is 3.08. The number of hydrogen-bond acceptors (Lipinski definition) is 6. The van der Waals surface area contributed by atoms with Gasteiger partial charge in [-0.05, 0) is 18.6 Å². The Kier molecular flexibility index (Phi) is 3.87. The lowest BCUT2D eigenvalue weighted by molar-refractivity contribution is 0.0927. The number of fused-ring (bicyclic) bond motifs is 1. The van der Waals surface area contributed by atoms with Gasteiger partial charge < -0.3 is 19.1 Å². The van der Waals surface area contributed by atoms with Gasteiger partial charge in [-0.2, -0.15) is 4.98 Å². The van der Waals surface area contributed by atoms with Crippen molar-refractivity contribution in [3.05, 3.63) is 42.4 Å². The Hall–Kier alpha value is -2.90. The van der Waals surface area contributed by atoms with Crippen LogP contribution >= 0.6 is 0 Å². The highest BCUT2D eigenvalue weighted by atomic mass is 16.5. The predicted octanol–water partition coefficient (Wildman–Crippen LogP) is 1.85. The minimum atomic E-state index is -0.295. The Balaban J connectivity index is 1.44. The second-order valence-corrected chi connectivity index (χ2v) is 6.57. The number of nitrogens with zero attached hydrogens (tertiary/aromatic N) is 5. The summed E-state index contributed by atoms with van der Waals surface area (Å²) in [5.74, 6) is 1.31. The van der Waals surface area contributed by atoms with Crippen molar-refractivity contribution in [3.8, 4) is 0 Å². The summed E-state index contributed by atoms with van der Waals surface area (Å²) in [6, 6.07) is 4.07. The molecule has 25 heavy (non-hydrogen) atoms. The molecule has 0 aromatic carbocycles. The summed E-state index contributed by atoms with van der Waals surface area (Å²) in [4.78, 5) is 23.2. The molecule has 1 unspecified atom stereocenters. The molecule has 4 heterocycles. The van der Waals surface area contributed by atoms with E-state index in [1.54, 1.807) is 6.20 Å². The van der Waals surface area contributed by atoms with E-state index in [0.717, 1.165) is 24.3 Å². The van der Waals surface area contributed by atoms with Gasteiger partial charge in [0.2, 0.25) is 5.89 Å². The molecule has 1 aliphatic heterocycles. The highest BCUT2D eigenvalue weighted by molar-refractivity contribution is 5.90. The number of nitrogens with one attached hydrogen (secondary N) is 1. The van der Waals surface area contributed by atoms with Gasteiger partial charge in [-0.15, -0.1) is 0 Å². The molecule has 0 saturated carbocycles. The van der Waals surface area contributed by atoms with E-state index in [2.05, 4.69) is 25.3 Å². The Bertz CT molecular complexity index is 899. The molecule has 0 radical (unpaired) electrons. The molecule has 1 amide bonds. The van der Waals surface area contributed by atoms with Crippen LogP contribution in [-0.2, 0) is 0 Å². The molecule has 8 nitrogen and oxygen atoms in total. The lowest BCUT2D eigenvalue weighted by Gasteiger charge is -2.18. The van der Waals surface area contributed by atoms with Crippen LogP contribution in [0.15, 0.2) is 35.2 Å². The summed E-state index contributed by atoms with van der Waals surface area (Å²) >= 11 is 0. The zero-order valence-electron chi connectivity index (χ0n) is 14.2. The highest BCUT2D eigenvalue weighted by Gasteiger charge is 2.27. The van der Waals surface area contributed by atoms with Crippen molar-refractivity contribution in [2.24, 2.45) is 0 Å². The van der Waals surface area contributed by atoms with Crippen LogP contribution in [0.4, 0.5) is 5.82 Å². The molecule has 1 saturated heterocycles. The molecule has 4 rings (SSSR count). The molecule has 3 aromatic heterocycles. The van der Waals surface area contributed by atoms with Gasteiger partial charge in [0.15, 0.2) is 5.82 Å². The van der Waals surface area contributed by atoms with E-state index in [4.69, 9.17) is 4.52 Å². The first kappa shape index (κ1) is 15.6. The molecule has 0 spiro atoms. The minimum Gasteiger partial charge on any atom is -0.353 e. The van der Waals surface area contributed by atoms with Crippen molar-refractivity contribution in [1.29, 1.82) is 0 Å². The van der Waals surface area contributed by atoms with Gasteiger partial charge in [-0.1, -0.05) is 19.0 Å². The van der Waals surface area contributed by atoms with E-state index in [1.807, 2.05) is 42.8 Å². The summed E-state index contributed by atoms with van der Waals surface area (Å²) in [5.41, 5.74) is 1.06. The minimum absolute atomic E-state index is 0.0329. The maximum Gasteiger partial charge on any atom is 0.292 e. The molecule has 1 atom stereocenters. The molecule has 1 N–H and O–H groups in total. The zero-order chi connectivity index (χ0) is 17.4. The smallest absolute Gasteiger partial charge is 0.292 e. The fraction of sp³-hybridized carbons (Fsp3) is 0.412. The van der Waals surface area contributed by atoms with Crippen LogP contribution in [0, 0.1) is 0 Å². The summed E-state index contributed by atoms with van der Waals surface area (Å²) in [5, 5.41) is 6.75. The third-order valence-corrected chi connectivity index (χ3v) is 4.39. The van der Waals surface area contributed by atoms with Crippen molar-refractivity contribution in [1.82, 2.24) is 24.8 Å². The first-order valence-corrected chi connectivity index (χ1v) is 8.43. The van der Waals surface area contributed by atoms with Gasteiger partial charge in [-0.25, -0.2) is 4.98 Å². The van der Waals surface area contributed by atoms with Crippen LogP contribution in [0.25, 0.3) is 5.52 Å². The number of aromatic nitrogens is 4. The Morgan fingerprint density at radius 2 is 2.28 bits per heavy atom. The van der Waals surface area contributed by atoms with E-state index in [9.17, 15) is 4.79 Å². The molecule has 3 aromatic rings. The fourth-order valence-corrected chi connectivity index (χ4v) is 3.08. The number of amides is 1. The van der Waals surface area contributed by atoms with Gasteiger partial charge in [0.25, 0.3) is 11.7 Å². The number of hydrogen-bond donors (Lipinski definition) is 1. The third-order valence-electron chi connectivity index (χ3n) is 4.39. The second kappa shape index (κ2) is 6.19. The predicted molar refractivity (Wildman–Crippen MR) is 91.7 cm³/mol. The van der Waals surface area contributed by atoms with E-state index in [1.165, 1.54) is 0 Å². The number of anilines is 1. The van der Waals surface area contributed by atoms with E-state index < -0.39 is 0 Å². The maximum atomic E-state index is 12.3. The maximum absolute atomic E-state index is 12.3. The van der Waals surface area contributed by atoms with Crippen molar-refractivity contribution in [3.63, 3.8) is 0 Å². The first-order chi connectivity index (χ1) is 12.1. The Labute approximate surface area is 144 Å². The summed E-state index contributed by atoms with van der Waals surface area (Å²) in [6.07, 6.45) is 6.57. The van der Waals surface area contributed by atoms with Crippen molar-refractivity contribution in [2.75, 3.05) is 18.0 Å². The summed E-state index contributed by atoms with van der Waals surface area (Å²) in [6.45, 7) is 5.43. The van der Waals surface area contributed by atoms with Gasteiger partial charge in [-0.3, -0.25) is 4.79 Å². The first-order valence-electron chi connectivity index (χ1n) is 8.43. The van der Waals surface area contributed by atoms with Crippen LogP contribution in [0.3, 0.4) is 0 Å². The number of rotatable bonds is 4. The molecule has 130 valence electrons. The van der Waals surface area contributed by atoms with Gasteiger partial charge in [0.05, 0.1) is 5.52 Å². The molecule has 1 aliphatic rings. The standard InChI is InChI=1S/C17H20N6O2/c1-11(2)17-20-14(21-25-17)16(24)19-12-5-8-23(10-12)15-13-4-3-7-22(13)9-6-18-15/h3-4,6-7,9,11-12H,5,8,10H2,1-2H3,(H,19,24). The Morgan fingerprint density at radius 3 is 3.08 bits per heavy atom. The largest absolute Gasteiger partial charge is 0.353 e. The number of carbonyl (C=O) groups is 1. The van der Waals surface area contributed by atoms with E-state index in [0.29, 0.717) is 12.4 Å². The molecule has 0 aliphatic carbocycles. The zero-order valence-corrected chi connectivity index (χ0v) is 14.2. The van der Waals surface area contributed by atoms with E-state index >= 15 is 0 Å². The SMILES string of the molecule is CC(C)c1nc(C(=O)NC2CCN(c3nccn4cccc34)C2)no1. The van der Waals surface area contributed by atoms with Crippen LogP contribution < -0.4 is 10.2 Å². The highest BCUT2D eigenvalue weighted by Crippen LogP contribution is 2.23. The molecule has 0 bridgehead atoms. The average Bonchev–Trinajstić information content (AvgIpc) is 3.34. The average molecular weight is 340 g/mol. The summed E-state index contributed by atoms with van der Waals surface area (Å²) < 4.78 is 7.14. The van der Waals surface area contributed by atoms with Crippen LogP contribution in [0.2, 0.25) is 0 Å². The van der Waals surface area contributed by atoms with Gasteiger partial charge >= 0.3 is 0 Å². The molecular weight excluding hydrogens is 320 g/mol. The van der Waals surface area contributed by atoms with Crippen molar-refractivity contribution < 1.29 is 9.32 Å². The quantitative estimate of drug-likeness (QED) is 0.780. The molecule has 8 heteroatoms. The van der Waals surface area contributed by atoms with Gasteiger partial charge in [0, 0.05) is 43.6 Å². The molecule has 1 fully saturated rings. The van der Waals surface area contributed by atoms with Crippen molar-refractivity contribution >= 4 is 17.2 Å². The van der Waals surface area contributed by atoms with Gasteiger partial charge in [0.1, 0.15) is 0 Å². The van der Waals surface area contributed by atoms with Crippen LogP contribution in [0.5, 0.6) is 0 Å².